The highest BCUT2D eigenvalue weighted by molar-refractivity contribution is 5.78. The number of amides is 1. The van der Waals surface area contributed by atoms with E-state index in [0.717, 1.165) is 23.4 Å². The summed E-state index contributed by atoms with van der Waals surface area (Å²) < 4.78 is 2.01. The monoisotopic (exact) mass is 323 g/mol. The number of nitrogens with zero attached hydrogens (tertiary/aromatic N) is 6. The first-order valence-electron chi connectivity index (χ1n) is 7.99. The number of nitrogens with one attached hydrogen (secondary N) is 1. The molecule has 0 aliphatic carbocycles. The molecule has 1 N–H and O–H groups in total. The van der Waals surface area contributed by atoms with Gasteiger partial charge in [-0.3, -0.25) is 9.20 Å². The third kappa shape index (κ3) is 2.29. The van der Waals surface area contributed by atoms with E-state index in [4.69, 9.17) is 5.26 Å². The van der Waals surface area contributed by atoms with Crippen LogP contribution in [0.4, 0.5) is 0 Å². The fourth-order valence-corrected chi connectivity index (χ4v) is 3.58. The summed E-state index contributed by atoms with van der Waals surface area (Å²) in [7, 11) is 0. The molecule has 8 nitrogen and oxygen atoms in total. The van der Waals surface area contributed by atoms with E-state index in [1.165, 1.54) is 0 Å². The van der Waals surface area contributed by atoms with Gasteiger partial charge in [0.05, 0.1) is 17.8 Å². The second kappa shape index (κ2) is 5.60. The number of fused-ring (bicyclic) bond motifs is 3. The van der Waals surface area contributed by atoms with Crippen molar-refractivity contribution < 1.29 is 4.79 Å². The Labute approximate surface area is 138 Å². The van der Waals surface area contributed by atoms with Crippen LogP contribution in [0, 0.1) is 17.2 Å². The summed E-state index contributed by atoms with van der Waals surface area (Å²) in [5, 5.41) is 17.4. The molecule has 0 saturated carbocycles. The van der Waals surface area contributed by atoms with Crippen molar-refractivity contribution >= 4 is 22.7 Å². The maximum atomic E-state index is 12.1. The number of carbonyl (C=O) groups is 1. The second-order valence-corrected chi connectivity index (χ2v) is 6.39. The van der Waals surface area contributed by atoms with Crippen molar-refractivity contribution in [2.75, 3.05) is 13.1 Å². The van der Waals surface area contributed by atoms with E-state index in [2.05, 4.69) is 27.1 Å². The molecule has 2 atom stereocenters. The first-order valence-corrected chi connectivity index (χ1v) is 7.99. The van der Waals surface area contributed by atoms with Gasteiger partial charge >= 0.3 is 0 Å². The number of hydrogen-bond acceptors (Lipinski definition) is 5. The highest BCUT2D eigenvalue weighted by atomic mass is 16.2. The molecule has 0 spiro atoms. The molecule has 1 fully saturated rings. The summed E-state index contributed by atoms with van der Waals surface area (Å²) >= 11 is 0. The second-order valence-electron chi connectivity index (χ2n) is 6.39. The zero-order valence-electron chi connectivity index (χ0n) is 13.3. The molecule has 4 rings (SSSR count). The molecular formula is C16H17N7O. The Morgan fingerprint density at radius 2 is 2.33 bits per heavy atom. The maximum Gasteiger partial charge on any atom is 0.236 e. The number of carbonyl (C=O) groups excluding carboxylic acids is 1. The van der Waals surface area contributed by atoms with Crippen molar-refractivity contribution in [1.82, 2.24) is 29.5 Å². The molecule has 1 saturated heterocycles. The van der Waals surface area contributed by atoms with Gasteiger partial charge in [-0.1, -0.05) is 6.92 Å². The van der Waals surface area contributed by atoms with Crippen LogP contribution in [0.25, 0.3) is 16.8 Å². The van der Waals surface area contributed by atoms with Gasteiger partial charge in [0.2, 0.25) is 5.91 Å². The Balaban J connectivity index is 1.75. The number of aromatic nitrogens is 5. The zero-order chi connectivity index (χ0) is 16.7. The van der Waals surface area contributed by atoms with Crippen molar-refractivity contribution in [1.29, 1.82) is 5.26 Å². The van der Waals surface area contributed by atoms with Crippen LogP contribution in [0.1, 0.15) is 31.5 Å². The molecule has 0 aromatic carbocycles. The number of aromatic amines is 1. The Hall–Kier alpha value is -2.95. The predicted molar refractivity (Wildman–Crippen MR) is 86.0 cm³/mol. The molecular weight excluding hydrogens is 306 g/mol. The van der Waals surface area contributed by atoms with Crippen molar-refractivity contribution in [3.63, 3.8) is 0 Å². The molecule has 1 aliphatic rings. The summed E-state index contributed by atoms with van der Waals surface area (Å²) in [6.07, 6.45) is 4.39. The van der Waals surface area contributed by atoms with Crippen LogP contribution in [-0.4, -0.2) is 48.5 Å². The largest absolute Gasteiger partial charge is 0.345 e. The predicted octanol–water partition coefficient (Wildman–Crippen LogP) is 1.47. The van der Waals surface area contributed by atoms with Crippen LogP contribution in [-0.2, 0) is 4.79 Å². The van der Waals surface area contributed by atoms with Gasteiger partial charge < -0.3 is 9.88 Å². The Morgan fingerprint density at radius 1 is 1.46 bits per heavy atom. The number of hydrogen-bond donors (Lipinski definition) is 1. The van der Waals surface area contributed by atoms with E-state index in [-0.39, 0.29) is 18.2 Å². The van der Waals surface area contributed by atoms with Gasteiger partial charge in [-0.05, 0) is 18.4 Å². The molecule has 3 aromatic heterocycles. The average molecular weight is 323 g/mol. The normalized spacial score (nSPS) is 21.2. The molecule has 0 bridgehead atoms. The van der Waals surface area contributed by atoms with Gasteiger partial charge in [0, 0.05) is 25.2 Å². The SMILES string of the molecule is CC1CC(c2nnc3cnc4[nH]ccc4n23)CN(C(=O)CC#N)C1. The van der Waals surface area contributed by atoms with Gasteiger partial charge in [-0.2, -0.15) is 5.26 Å². The fraction of sp³-hybridized carbons (Fsp3) is 0.438. The molecule has 0 radical (unpaired) electrons. The van der Waals surface area contributed by atoms with Crippen molar-refractivity contribution in [2.24, 2.45) is 5.92 Å². The van der Waals surface area contributed by atoms with Gasteiger partial charge in [0.25, 0.3) is 0 Å². The lowest BCUT2D eigenvalue weighted by Crippen LogP contribution is -2.42. The third-order valence-electron chi connectivity index (χ3n) is 4.57. The minimum absolute atomic E-state index is 0.0774. The number of piperidine rings is 1. The number of likely N-dealkylation sites (tertiary alicyclic amines) is 1. The molecule has 4 heterocycles. The molecule has 24 heavy (non-hydrogen) atoms. The van der Waals surface area contributed by atoms with Crippen LogP contribution in [0.2, 0.25) is 0 Å². The maximum absolute atomic E-state index is 12.1. The van der Waals surface area contributed by atoms with E-state index in [1.807, 2.05) is 22.7 Å². The Morgan fingerprint density at radius 3 is 3.17 bits per heavy atom. The smallest absolute Gasteiger partial charge is 0.236 e. The Bertz CT molecular complexity index is 950. The van der Waals surface area contributed by atoms with Gasteiger partial charge in [0.1, 0.15) is 12.2 Å². The zero-order valence-corrected chi connectivity index (χ0v) is 13.3. The Kier molecular flexibility index (Phi) is 3.41. The molecule has 1 amide bonds. The molecule has 122 valence electrons. The van der Waals surface area contributed by atoms with Gasteiger partial charge in [-0.25, -0.2) is 4.98 Å². The van der Waals surface area contributed by atoms with Crippen LogP contribution in [0.3, 0.4) is 0 Å². The summed E-state index contributed by atoms with van der Waals surface area (Å²) in [5.41, 5.74) is 2.41. The summed E-state index contributed by atoms with van der Waals surface area (Å²) in [6, 6.07) is 3.89. The summed E-state index contributed by atoms with van der Waals surface area (Å²) in [6.45, 7) is 3.38. The van der Waals surface area contributed by atoms with Crippen molar-refractivity contribution in [3.8, 4) is 6.07 Å². The lowest BCUT2D eigenvalue weighted by Gasteiger charge is -2.35. The standard InChI is InChI=1S/C16H17N7O/c1-10-6-11(9-22(8-10)14(24)2-4-17)16-21-20-13-7-19-15-12(23(13)16)3-5-18-15/h3,5,7,10-11,18H,2,6,8-9H2,1H3. The van der Waals surface area contributed by atoms with E-state index < -0.39 is 0 Å². The average Bonchev–Trinajstić information content (AvgIpc) is 3.20. The minimum Gasteiger partial charge on any atom is -0.345 e. The third-order valence-corrected chi connectivity index (χ3v) is 4.57. The molecule has 8 heteroatoms. The van der Waals surface area contributed by atoms with Crippen LogP contribution in [0.15, 0.2) is 18.5 Å². The van der Waals surface area contributed by atoms with Crippen LogP contribution >= 0.6 is 0 Å². The van der Waals surface area contributed by atoms with E-state index in [0.29, 0.717) is 24.7 Å². The van der Waals surface area contributed by atoms with Crippen LogP contribution in [0.5, 0.6) is 0 Å². The quantitative estimate of drug-likeness (QED) is 0.769. The molecule has 3 aromatic rings. The van der Waals surface area contributed by atoms with E-state index >= 15 is 0 Å². The molecule has 2 unspecified atom stereocenters. The number of nitriles is 1. The van der Waals surface area contributed by atoms with E-state index in [1.54, 1.807) is 11.1 Å². The van der Waals surface area contributed by atoms with E-state index in [9.17, 15) is 4.79 Å². The summed E-state index contributed by atoms with van der Waals surface area (Å²) in [5.74, 6) is 1.17. The van der Waals surface area contributed by atoms with Gasteiger partial charge in [0.15, 0.2) is 11.3 Å². The van der Waals surface area contributed by atoms with Crippen molar-refractivity contribution in [2.45, 2.75) is 25.7 Å². The van der Waals surface area contributed by atoms with Gasteiger partial charge in [-0.15, -0.1) is 10.2 Å². The lowest BCUT2D eigenvalue weighted by molar-refractivity contribution is -0.132. The number of rotatable bonds is 2. The number of H-pyrrole nitrogens is 1. The lowest BCUT2D eigenvalue weighted by atomic mass is 9.89. The fourth-order valence-electron chi connectivity index (χ4n) is 3.58. The molecule has 1 aliphatic heterocycles. The summed E-state index contributed by atoms with van der Waals surface area (Å²) in [4.78, 5) is 21.3. The van der Waals surface area contributed by atoms with Crippen LogP contribution < -0.4 is 0 Å². The highest BCUT2D eigenvalue weighted by Gasteiger charge is 2.31. The topological polar surface area (TPSA) is 103 Å². The highest BCUT2D eigenvalue weighted by Crippen LogP contribution is 2.30. The first-order chi connectivity index (χ1) is 11.7. The van der Waals surface area contributed by atoms with Crippen molar-refractivity contribution in [3.05, 3.63) is 24.3 Å². The minimum atomic E-state index is -0.115. The first kappa shape index (κ1) is 14.6.